The molecule has 1 atom stereocenters. The van der Waals surface area contributed by atoms with Crippen LogP contribution in [0.2, 0.25) is 0 Å². The fourth-order valence-corrected chi connectivity index (χ4v) is 2.97. The van der Waals surface area contributed by atoms with Crippen LogP contribution in [0.3, 0.4) is 0 Å². The van der Waals surface area contributed by atoms with Gasteiger partial charge >= 0.3 is 0 Å². The molecular weight excluding hydrogens is 332 g/mol. The highest BCUT2D eigenvalue weighted by Crippen LogP contribution is 2.44. The highest BCUT2D eigenvalue weighted by molar-refractivity contribution is 5.57. The molecule has 0 saturated carbocycles. The largest absolute Gasteiger partial charge is 0.490 e. The van der Waals surface area contributed by atoms with E-state index in [9.17, 15) is 5.26 Å². The Morgan fingerprint density at radius 1 is 1.42 bits per heavy atom. The molecule has 0 aliphatic carbocycles. The van der Waals surface area contributed by atoms with Crippen LogP contribution < -0.4 is 19.9 Å². The molecule has 0 unspecified atom stereocenters. The van der Waals surface area contributed by atoms with E-state index in [2.05, 4.69) is 22.8 Å². The number of aromatic amines is 1. The number of H-pyrrole nitrogens is 1. The van der Waals surface area contributed by atoms with Gasteiger partial charge in [-0.2, -0.15) is 5.26 Å². The van der Waals surface area contributed by atoms with E-state index in [0.29, 0.717) is 36.2 Å². The zero-order chi connectivity index (χ0) is 18.7. The predicted octanol–water partition coefficient (Wildman–Crippen LogP) is 2.90. The number of nitriles is 1. The van der Waals surface area contributed by atoms with Crippen LogP contribution in [0.5, 0.6) is 17.4 Å². The van der Waals surface area contributed by atoms with Crippen molar-refractivity contribution < 1.29 is 14.2 Å². The van der Waals surface area contributed by atoms with E-state index in [1.807, 2.05) is 32.0 Å². The fraction of sp³-hybridized carbons (Fsp3) is 0.263. The normalized spacial score (nSPS) is 15.7. The molecule has 7 heteroatoms. The van der Waals surface area contributed by atoms with Crippen molar-refractivity contribution in [1.82, 2.24) is 10.2 Å². The maximum Gasteiger partial charge on any atom is 0.244 e. The number of nitrogens with two attached hydrogens (primary N) is 1. The molecule has 26 heavy (non-hydrogen) atoms. The van der Waals surface area contributed by atoms with E-state index in [4.69, 9.17) is 19.9 Å². The van der Waals surface area contributed by atoms with Gasteiger partial charge in [-0.05, 0) is 31.5 Å². The van der Waals surface area contributed by atoms with Crippen LogP contribution in [0.4, 0.5) is 0 Å². The maximum absolute atomic E-state index is 9.63. The van der Waals surface area contributed by atoms with Gasteiger partial charge in [-0.3, -0.25) is 5.10 Å². The molecule has 0 radical (unpaired) electrons. The van der Waals surface area contributed by atoms with Crippen molar-refractivity contribution in [1.29, 1.82) is 5.26 Å². The molecule has 2 heterocycles. The molecule has 0 spiro atoms. The third-order valence-corrected chi connectivity index (χ3v) is 4.09. The van der Waals surface area contributed by atoms with Crippen molar-refractivity contribution in [3.05, 3.63) is 59.1 Å². The van der Waals surface area contributed by atoms with Gasteiger partial charge in [-0.15, -0.1) is 5.10 Å². The summed E-state index contributed by atoms with van der Waals surface area (Å²) in [5.41, 5.74) is 8.73. The molecular formula is C19H20N4O3. The zero-order valence-electron chi connectivity index (χ0n) is 14.7. The first-order valence-corrected chi connectivity index (χ1v) is 8.23. The molecule has 1 aliphatic rings. The molecule has 0 bridgehead atoms. The van der Waals surface area contributed by atoms with Crippen LogP contribution in [0, 0.1) is 18.3 Å². The van der Waals surface area contributed by atoms with Gasteiger partial charge in [0.2, 0.25) is 11.8 Å². The van der Waals surface area contributed by atoms with Crippen LogP contribution in [-0.2, 0) is 0 Å². The molecule has 134 valence electrons. The number of rotatable bonds is 6. The quantitative estimate of drug-likeness (QED) is 0.774. The lowest BCUT2D eigenvalue weighted by Crippen LogP contribution is -2.21. The van der Waals surface area contributed by atoms with E-state index in [1.54, 1.807) is 6.08 Å². The number of nitrogens with one attached hydrogen (secondary N) is 1. The van der Waals surface area contributed by atoms with Gasteiger partial charge in [0.1, 0.15) is 18.2 Å². The van der Waals surface area contributed by atoms with Crippen molar-refractivity contribution in [2.45, 2.75) is 19.8 Å². The SMILES string of the molecule is C=CCOc1ccc([C@@H]2C(C#N)=C(N)Oc3n[nH]c(C)c32)cc1OCC. The van der Waals surface area contributed by atoms with Crippen molar-refractivity contribution in [3.8, 4) is 23.4 Å². The molecule has 1 aromatic heterocycles. The van der Waals surface area contributed by atoms with Gasteiger partial charge in [-0.25, -0.2) is 0 Å². The fourth-order valence-electron chi connectivity index (χ4n) is 2.97. The van der Waals surface area contributed by atoms with E-state index in [1.165, 1.54) is 0 Å². The number of allylic oxidation sites excluding steroid dienone is 1. The highest BCUT2D eigenvalue weighted by atomic mass is 16.5. The topological polar surface area (TPSA) is 106 Å². The summed E-state index contributed by atoms with van der Waals surface area (Å²) in [6.45, 7) is 8.29. The van der Waals surface area contributed by atoms with E-state index in [-0.39, 0.29) is 5.88 Å². The summed E-state index contributed by atoms with van der Waals surface area (Å²) in [5.74, 6) is 1.25. The number of nitrogens with zero attached hydrogens (tertiary/aromatic N) is 2. The Hall–Kier alpha value is -3.40. The highest BCUT2D eigenvalue weighted by Gasteiger charge is 2.34. The molecule has 0 saturated heterocycles. The Balaban J connectivity index is 2.12. The van der Waals surface area contributed by atoms with Crippen molar-refractivity contribution >= 4 is 0 Å². The van der Waals surface area contributed by atoms with Crippen LogP contribution in [0.25, 0.3) is 0 Å². The summed E-state index contributed by atoms with van der Waals surface area (Å²) in [5, 5.41) is 16.6. The summed E-state index contributed by atoms with van der Waals surface area (Å²) in [7, 11) is 0. The Morgan fingerprint density at radius 2 is 2.23 bits per heavy atom. The summed E-state index contributed by atoms with van der Waals surface area (Å²) >= 11 is 0. The van der Waals surface area contributed by atoms with Crippen LogP contribution in [0.1, 0.15) is 29.7 Å². The van der Waals surface area contributed by atoms with Crippen molar-refractivity contribution in [2.24, 2.45) is 5.73 Å². The lowest BCUT2D eigenvalue weighted by Gasteiger charge is -2.24. The predicted molar refractivity (Wildman–Crippen MR) is 95.9 cm³/mol. The number of hydrogen-bond acceptors (Lipinski definition) is 6. The maximum atomic E-state index is 9.63. The first-order chi connectivity index (χ1) is 12.6. The molecule has 1 aromatic carbocycles. The number of aryl methyl sites for hydroxylation is 1. The average molecular weight is 352 g/mol. The number of benzene rings is 1. The monoisotopic (exact) mass is 352 g/mol. The average Bonchev–Trinajstić information content (AvgIpc) is 3.00. The number of ether oxygens (including phenoxy) is 3. The molecule has 3 rings (SSSR count). The first-order valence-electron chi connectivity index (χ1n) is 8.23. The Kier molecular flexibility index (Phi) is 4.85. The molecule has 7 nitrogen and oxygen atoms in total. The summed E-state index contributed by atoms with van der Waals surface area (Å²) in [6.07, 6.45) is 1.67. The second-order valence-corrected chi connectivity index (χ2v) is 5.73. The van der Waals surface area contributed by atoms with Gasteiger partial charge in [0, 0.05) is 11.3 Å². The second kappa shape index (κ2) is 7.23. The van der Waals surface area contributed by atoms with Gasteiger partial charge in [0.25, 0.3) is 0 Å². The van der Waals surface area contributed by atoms with Gasteiger partial charge in [0.05, 0.1) is 12.5 Å². The smallest absolute Gasteiger partial charge is 0.244 e. The van der Waals surface area contributed by atoms with E-state index < -0.39 is 5.92 Å². The van der Waals surface area contributed by atoms with Gasteiger partial charge < -0.3 is 19.9 Å². The minimum absolute atomic E-state index is 0.0569. The minimum atomic E-state index is -0.393. The summed E-state index contributed by atoms with van der Waals surface area (Å²) in [6, 6.07) is 7.73. The van der Waals surface area contributed by atoms with Crippen molar-refractivity contribution in [2.75, 3.05) is 13.2 Å². The van der Waals surface area contributed by atoms with E-state index >= 15 is 0 Å². The van der Waals surface area contributed by atoms with Gasteiger partial charge in [-0.1, -0.05) is 18.7 Å². The molecule has 3 N–H and O–H groups in total. The zero-order valence-corrected chi connectivity index (χ0v) is 14.7. The third-order valence-electron chi connectivity index (χ3n) is 4.09. The minimum Gasteiger partial charge on any atom is -0.490 e. The standard InChI is InChI=1S/C19H20N4O3/c1-4-8-25-14-7-6-12(9-15(14)24-5-2)17-13(10-20)18(21)26-19-16(17)11(3)22-23-19/h4,6-7,9,17H,1,5,8,21H2,2-3H3,(H,22,23)/t17-/m1/s1. The second-order valence-electron chi connectivity index (χ2n) is 5.73. The Labute approximate surface area is 151 Å². The van der Waals surface area contributed by atoms with E-state index in [0.717, 1.165) is 16.8 Å². The Bertz CT molecular complexity index is 908. The van der Waals surface area contributed by atoms with Crippen LogP contribution in [-0.4, -0.2) is 23.4 Å². The summed E-state index contributed by atoms with van der Waals surface area (Å²) < 4.78 is 16.9. The summed E-state index contributed by atoms with van der Waals surface area (Å²) in [4.78, 5) is 0. The third kappa shape index (κ3) is 2.97. The van der Waals surface area contributed by atoms with Crippen molar-refractivity contribution in [3.63, 3.8) is 0 Å². The molecule has 0 fully saturated rings. The lowest BCUT2D eigenvalue weighted by molar-refractivity contribution is 0.296. The molecule has 0 amide bonds. The van der Waals surface area contributed by atoms with Crippen LogP contribution in [0.15, 0.2) is 42.3 Å². The Morgan fingerprint density at radius 3 is 2.92 bits per heavy atom. The lowest BCUT2D eigenvalue weighted by atomic mass is 9.84. The van der Waals surface area contributed by atoms with Gasteiger partial charge in [0.15, 0.2) is 11.5 Å². The molecule has 1 aliphatic heterocycles. The number of fused-ring (bicyclic) bond motifs is 1. The number of hydrogen-bond donors (Lipinski definition) is 2. The first kappa shape index (κ1) is 17.4. The number of aromatic nitrogens is 2. The molecule has 2 aromatic rings. The van der Waals surface area contributed by atoms with Crippen LogP contribution >= 0.6 is 0 Å².